The van der Waals surface area contributed by atoms with E-state index in [-0.39, 0.29) is 5.57 Å². The van der Waals surface area contributed by atoms with Crippen LogP contribution in [0.25, 0.3) is 6.08 Å². The molecule has 4 heteroatoms. The highest BCUT2D eigenvalue weighted by Crippen LogP contribution is 2.10. The van der Waals surface area contributed by atoms with Crippen molar-refractivity contribution in [2.24, 2.45) is 0 Å². The largest absolute Gasteiger partial charge is 0.462 e. The predicted molar refractivity (Wildman–Crippen MR) is 64.1 cm³/mol. The number of hydrogen-bond acceptors (Lipinski definition) is 4. The average Bonchev–Trinajstić information content (AvgIpc) is 2.77. The molecule has 0 N–H and O–H groups in total. The summed E-state index contributed by atoms with van der Waals surface area (Å²) < 4.78 is 4.81. The van der Waals surface area contributed by atoms with Crippen molar-refractivity contribution in [2.75, 3.05) is 6.61 Å². The molecule has 1 rings (SSSR count). The number of carbonyl (C=O) groups is 2. The minimum Gasteiger partial charge on any atom is -0.462 e. The van der Waals surface area contributed by atoms with Crippen molar-refractivity contribution < 1.29 is 14.3 Å². The molecule has 0 atom stereocenters. The Morgan fingerprint density at radius 3 is 2.94 bits per heavy atom. The molecular weight excluding hydrogens is 224 g/mol. The third kappa shape index (κ3) is 3.82. The fourth-order valence-electron chi connectivity index (χ4n) is 1.04. The van der Waals surface area contributed by atoms with Gasteiger partial charge in [0.05, 0.1) is 12.2 Å². The summed E-state index contributed by atoms with van der Waals surface area (Å²) in [6.45, 7) is 2.01. The van der Waals surface area contributed by atoms with Crippen LogP contribution in [0.2, 0.25) is 0 Å². The van der Waals surface area contributed by atoms with Crippen molar-refractivity contribution in [1.82, 2.24) is 0 Å². The lowest BCUT2D eigenvalue weighted by Crippen LogP contribution is -2.06. The first kappa shape index (κ1) is 12.4. The van der Waals surface area contributed by atoms with E-state index in [2.05, 4.69) is 0 Å². The maximum atomic E-state index is 11.4. The summed E-state index contributed by atoms with van der Waals surface area (Å²) in [6.07, 6.45) is 5.11. The van der Waals surface area contributed by atoms with Crippen LogP contribution in [-0.4, -0.2) is 18.9 Å². The van der Waals surface area contributed by atoms with E-state index in [0.29, 0.717) is 12.9 Å². The van der Waals surface area contributed by atoms with Crippen LogP contribution in [0.1, 0.15) is 12.5 Å². The van der Waals surface area contributed by atoms with Crippen molar-refractivity contribution in [1.29, 1.82) is 0 Å². The molecule has 0 unspecified atom stereocenters. The van der Waals surface area contributed by atoms with Gasteiger partial charge in [0.2, 0.25) is 0 Å². The van der Waals surface area contributed by atoms with Gasteiger partial charge >= 0.3 is 5.97 Å². The quantitative estimate of drug-likeness (QED) is 0.341. The van der Waals surface area contributed by atoms with E-state index >= 15 is 0 Å². The topological polar surface area (TPSA) is 43.4 Å². The molecule has 0 fully saturated rings. The normalized spacial score (nSPS) is 11.7. The summed E-state index contributed by atoms with van der Waals surface area (Å²) in [5, 5.41) is 3.88. The third-order valence-electron chi connectivity index (χ3n) is 1.76. The number of ether oxygens (including phenoxy) is 1. The second kappa shape index (κ2) is 6.74. The Balaban J connectivity index is 2.76. The van der Waals surface area contributed by atoms with Gasteiger partial charge in [0.15, 0.2) is 0 Å². The van der Waals surface area contributed by atoms with E-state index in [1.165, 1.54) is 6.08 Å². The number of rotatable bonds is 5. The molecule has 0 aliphatic heterocycles. The standard InChI is InChI=1S/C12H12O3S/c1-2-15-12(14)11(5-7-13)4-3-10-6-8-16-9-10/h3-9H,2H2,1H3/b4-3+,11-5-. The van der Waals surface area contributed by atoms with Crippen LogP contribution in [-0.2, 0) is 14.3 Å². The summed E-state index contributed by atoms with van der Waals surface area (Å²) in [5.41, 5.74) is 1.24. The first-order chi connectivity index (χ1) is 7.77. The van der Waals surface area contributed by atoms with Crippen molar-refractivity contribution >= 4 is 29.7 Å². The van der Waals surface area contributed by atoms with E-state index in [4.69, 9.17) is 4.74 Å². The molecule has 1 aromatic heterocycles. The molecule has 16 heavy (non-hydrogen) atoms. The van der Waals surface area contributed by atoms with Crippen LogP contribution < -0.4 is 0 Å². The SMILES string of the molecule is CCOC(=O)C(=C\C=O)/C=C/c1ccsc1. The Morgan fingerprint density at radius 1 is 1.56 bits per heavy atom. The Bertz CT molecular complexity index is 402. The van der Waals surface area contributed by atoms with E-state index in [0.717, 1.165) is 5.56 Å². The molecule has 0 aliphatic rings. The van der Waals surface area contributed by atoms with E-state index in [1.807, 2.05) is 16.8 Å². The molecule has 0 aromatic carbocycles. The molecule has 0 saturated heterocycles. The van der Waals surface area contributed by atoms with Gasteiger partial charge in [0, 0.05) is 0 Å². The Hall–Kier alpha value is -1.68. The van der Waals surface area contributed by atoms with Crippen LogP contribution >= 0.6 is 11.3 Å². The minimum absolute atomic E-state index is 0.253. The van der Waals surface area contributed by atoms with Gasteiger partial charge in [-0.1, -0.05) is 6.08 Å². The van der Waals surface area contributed by atoms with Gasteiger partial charge in [-0.15, -0.1) is 0 Å². The van der Waals surface area contributed by atoms with Crippen molar-refractivity contribution in [2.45, 2.75) is 6.92 Å². The summed E-state index contributed by atoms with van der Waals surface area (Å²) in [6, 6.07) is 1.92. The molecule has 0 saturated carbocycles. The molecule has 3 nitrogen and oxygen atoms in total. The first-order valence-corrected chi connectivity index (χ1v) is 5.75. The number of esters is 1. The highest BCUT2D eigenvalue weighted by atomic mass is 32.1. The van der Waals surface area contributed by atoms with Crippen LogP contribution in [0.5, 0.6) is 0 Å². The Kier molecular flexibility index (Phi) is 5.22. The molecule has 0 amide bonds. The predicted octanol–water partition coefficient (Wildman–Crippen LogP) is 2.45. The number of thiophene rings is 1. The van der Waals surface area contributed by atoms with Crippen LogP contribution in [0, 0.1) is 0 Å². The van der Waals surface area contributed by atoms with E-state index in [9.17, 15) is 9.59 Å². The molecule has 0 spiro atoms. The number of carbonyl (C=O) groups excluding carboxylic acids is 2. The molecule has 0 bridgehead atoms. The Labute approximate surface area is 98.0 Å². The lowest BCUT2D eigenvalue weighted by atomic mass is 10.2. The first-order valence-electron chi connectivity index (χ1n) is 4.80. The highest BCUT2D eigenvalue weighted by molar-refractivity contribution is 7.08. The maximum absolute atomic E-state index is 11.4. The zero-order valence-electron chi connectivity index (χ0n) is 8.88. The molecule has 0 radical (unpaired) electrons. The summed E-state index contributed by atoms with van der Waals surface area (Å²) in [7, 11) is 0. The third-order valence-corrected chi connectivity index (χ3v) is 2.46. The fraction of sp³-hybridized carbons (Fsp3) is 0.167. The van der Waals surface area contributed by atoms with Crippen LogP contribution in [0.4, 0.5) is 0 Å². The summed E-state index contributed by atoms with van der Waals surface area (Å²) in [5.74, 6) is -0.485. The van der Waals surface area contributed by atoms with E-state index in [1.54, 1.807) is 30.4 Å². The van der Waals surface area contributed by atoms with Gasteiger partial charge in [-0.3, -0.25) is 4.79 Å². The maximum Gasteiger partial charge on any atom is 0.338 e. The Morgan fingerprint density at radius 2 is 2.38 bits per heavy atom. The highest BCUT2D eigenvalue weighted by Gasteiger charge is 2.05. The van der Waals surface area contributed by atoms with Gasteiger partial charge in [0.25, 0.3) is 0 Å². The van der Waals surface area contributed by atoms with Gasteiger partial charge in [-0.25, -0.2) is 4.79 Å². The van der Waals surface area contributed by atoms with Crippen molar-refractivity contribution in [3.05, 3.63) is 40.1 Å². The summed E-state index contributed by atoms with van der Waals surface area (Å²) in [4.78, 5) is 21.8. The van der Waals surface area contributed by atoms with Crippen molar-refractivity contribution in [3.63, 3.8) is 0 Å². The number of allylic oxidation sites excluding steroid dienone is 1. The second-order valence-corrected chi connectivity index (χ2v) is 3.65. The van der Waals surface area contributed by atoms with Crippen LogP contribution in [0.3, 0.4) is 0 Å². The fourth-order valence-corrected chi connectivity index (χ4v) is 1.66. The summed E-state index contributed by atoms with van der Waals surface area (Å²) >= 11 is 1.57. The smallest absolute Gasteiger partial charge is 0.338 e. The van der Waals surface area contributed by atoms with E-state index < -0.39 is 5.97 Å². The average molecular weight is 236 g/mol. The zero-order valence-corrected chi connectivity index (χ0v) is 9.70. The molecule has 0 aliphatic carbocycles. The van der Waals surface area contributed by atoms with Gasteiger partial charge in [0.1, 0.15) is 6.29 Å². The zero-order chi connectivity index (χ0) is 11.8. The van der Waals surface area contributed by atoms with Crippen molar-refractivity contribution in [3.8, 4) is 0 Å². The molecule has 1 heterocycles. The van der Waals surface area contributed by atoms with Gasteiger partial charge in [-0.05, 0) is 41.5 Å². The minimum atomic E-state index is -0.485. The van der Waals surface area contributed by atoms with Gasteiger partial charge < -0.3 is 4.74 Å². The van der Waals surface area contributed by atoms with Crippen LogP contribution in [0.15, 0.2) is 34.6 Å². The molecular formula is C12H12O3S. The molecule has 84 valence electrons. The lowest BCUT2D eigenvalue weighted by Gasteiger charge is -2.00. The lowest BCUT2D eigenvalue weighted by molar-refractivity contribution is -0.138. The molecule has 1 aromatic rings. The van der Waals surface area contributed by atoms with Gasteiger partial charge in [-0.2, -0.15) is 11.3 Å². The second-order valence-electron chi connectivity index (χ2n) is 2.87. The number of hydrogen-bond donors (Lipinski definition) is 0. The number of aldehydes is 1. The monoisotopic (exact) mass is 236 g/mol.